The molecule has 11 heteroatoms. The van der Waals surface area contributed by atoms with Crippen molar-refractivity contribution in [2.75, 3.05) is 6.61 Å². The number of carbonyl (C=O) groups is 2. The van der Waals surface area contributed by atoms with Crippen LogP contribution in [0.25, 0.3) is 0 Å². The van der Waals surface area contributed by atoms with Crippen LogP contribution < -0.4 is 14.3 Å². The molecule has 8 nitrogen and oxygen atoms in total. The average molecular weight is 587 g/mol. The number of nitrogens with one attached hydrogen (secondary N) is 1. The molecule has 4 atom stereocenters. The highest BCUT2D eigenvalue weighted by atomic mass is 31.2. The van der Waals surface area contributed by atoms with Gasteiger partial charge in [-0.3, -0.25) is 4.79 Å². The average Bonchev–Trinajstić information content (AvgIpc) is 2.84. The normalized spacial score (nSPS) is 22.7. The molecular weight excluding hydrogens is 539 g/mol. The van der Waals surface area contributed by atoms with E-state index in [1.165, 1.54) is 12.5 Å². The lowest BCUT2D eigenvalue weighted by molar-refractivity contribution is -0.149. The van der Waals surface area contributed by atoms with E-state index in [1.807, 2.05) is 6.07 Å². The highest BCUT2D eigenvalue weighted by molar-refractivity contribution is 7.74. The minimum atomic E-state index is -4.41. The number of rotatable bonds is 12. The number of hydrogen-bond donors (Lipinski definition) is 1. The highest BCUT2D eigenvalue weighted by Gasteiger charge is 2.50. The quantitative estimate of drug-likeness (QED) is 0.110. The SMILES string of the molecule is BC1(B)CC2C(C=C1C)c1c(cc(CCCCC)cc1OP(=O)(NC(C)C(=O)OC(C)C)C(=O)OCC)OC2(C)C. The second-order valence-corrected chi connectivity index (χ2v) is 14.8. The number of esters is 1. The maximum atomic E-state index is 14.3. The first-order chi connectivity index (χ1) is 19.0. The monoisotopic (exact) mass is 587 g/mol. The lowest BCUT2D eigenvalue weighted by atomic mass is 9.43. The number of allylic oxidation sites excluding steroid dienone is 2. The van der Waals surface area contributed by atoms with Crippen molar-refractivity contribution in [2.45, 2.75) is 116 Å². The van der Waals surface area contributed by atoms with Gasteiger partial charge in [0.15, 0.2) is 0 Å². The van der Waals surface area contributed by atoms with Gasteiger partial charge in [0.25, 0.3) is 0 Å². The number of benzene rings is 1. The maximum Gasteiger partial charge on any atom is 0.424 e. The second kappa shape index (κ2) is 13.0. The molecule has 2 aliphatic rings. The van der Waals surface area contributed by atoms with E-state index < -0.39 is 30.8 Å². The summed E-state index contributed by atoms with van der Waals surface area (Å²) in [4.78, 5) is 25.8. The molecule has 1 aromatic rings. The summed E-state index contributed by atoms with van der Waals surface area (Å²) in [5.41, 5.74) is 1.51. The van der Waals surface area contributed by atoms with E-state index in [1.54, 1.807) is 20.8 Å². The first-order valence-electron chi connectivity index (χ1n) is 15.0. The van der Waals surface area contributed by atoms with Gasteiger partial charge >= 0.3 is 19.2 Å². The van der Waals surface area contributed by atoms with Gasteiger partial charge in [-0.2, -0.15) is 0 Å². The Morgan fingerprint density at radius 3 is 2.46 bits per heavy atom. The van der Waals surface area contributed by atoms with Gasteiger partial charge in [0.2, 0.25) is 0 Å². The zero-order chi connectivity index (χ0) is 30.8. The van der Waals surface area contributed by atoms with Gasteiger partial charge in [-0.25, -0.2) is 14.4 Å². The molecule has 0 bridgehead atoms. The van der Waals surface area contributed by atoms with Crippen LogP contribution in [0.5, 0.6) is 11.5 Å². The first-order valence-corrected chi connectivity index (χ1v) is 16.7. The Balaban J connectivity index is 2.16. The van der Waals surface area contributed by atoms with E-state index in [0.29, 0.717) is 11.5 Å². The number of aryl methyl sites for hydroxylation is 1. The molecule has 1 aliphatic carbocycles. The van der Waals surface area contributed by atoms with Crippen LogP contribution in [-0.2, 0) is 25.3 Å². The number of unbranched alkanes of at least 4 members (excludes halogenated alkanes) is 2. The van der Waals surface area contributed by atoms with Crippen molar-refractivity contribution in [3.05, 3.63) is 34.9 Å². The Hall–Kier alpha value is -2.18. The van der Waals surface area contributed by atoms with Crippen molar-refractivity contribution in [3.63, 3.8) is 0 Å². The van der Waals surface area contributed by atoms with E-state index in [2.05, 4.69) is 60.6 Å². The summed E-state index contributed by atoms with van der Waals surface area (Å²) in [7, 11) is 0.0744. The van der Waals surface area contributed by atoms with Gasteiger partial charge in [-0.05, 0) is 79.0 Å². The second-order valence-electron chi connectivity index (χ2n) is 12.9. The zero-order valence-electron chi connectivity index (χ0n) is 26.6. The van der Waals surface area contributed by atoms with Crippen LogP contribution in [0.3, 0.4) is 0 Å². The van der Waals surface area contributed by atoms with Crippen LogP contribution in [0.2, 0.25) is 5.21 Å². The molecule has 0 aromatic heterocycles. The lowest BCUT2D eigenvalue weighted by Crippen LogP contribution is -2.48. The van der Waals surface area contributed by atoms with Gasteiger partial charge in [0.05, 0.1) is 12.7 Å². The maximum absolute atomic E-state index is 14.3. The smallest absolute Gasteiger partial charge is 0.424 e. The van der Waals surface area contributed by atoms with Crippen LogP contribution in [0, 0.1) is 5.92 Å². The van der Waals surface area contributed by atoms with Gasteiger partial charge < -0.3 is 18.7 Å². The Morgan fingerprint density at radius 1 is 1.17 bits per heavy atom. The van der Waals surface area contributed by atoms with Gasteiger partial charge in [-0.1, -0.05) is 43.0 Å². The van der Waals surface area contributed by atoms with Crippen LogP contribution in [0.15, 0.2) is 23.8 Å². The summed E-state index contributed by atoms with van der Waals surface area (Å²) in [5.74, 6) is 0.405. The molecule has 0 radical (unpaired) electrons. The van der Waals surface area contributed by atoms with Crippen LogP contribution >= 0.6 is 7.52 Å². The molecule has 1 N–H and O–H groups in total. The topological polar surface area (TPSA) is 100 Å². The summed E-state index contributed by atoms with van der Waals surface area (Å²) in [6, 6.07) is 2.86. The number of carbonyl (C=O) groups excluding carboxylic acids is 2. The Morgan fingerprint density at radius 2 is 1.85 bits per heavy atom. The van der Waals surface area contributed by atoms with Crippen LogP contribution in [0.4, 0.5) is 4.79 Å². The molecule has 41 heavy (non-hydrogen) atoms. The predicted molar refractivity (Wildman–Crippen MR) is 168 cm³/mol. The summed E-state index contributed by atoms with van der Waals surface area (Å²) < 4.78 is 37.7. The lowest BCUT2D eigenvalue weighted by Gasteiger charge is -2.51. The van der Waals surface area contributed by atoms with E-state index >= 15 is 0 Å². The molecule has 0 fully saturated rings. The predicted octanol–water partition coefficient (Wildman–Crippen LogP) is 5.68. The van der Waals surface area contributed by atoms with Gasteiger partial charge in [-0.15, -0.1) is 0 Å². The summed E-state index contributed by atoms with van der Waals surface area (Å²) in [6.07, 6.45) is 6.70. The van der Waals surface area contributed by atoms with E-state index in [4.69, 9.17) is 18.7 Å². The van der Waals surface area contributed by atoms with Crippen molar-refractivity contribution in [1.82, 2.24) is 5.09 Å². The van der Waals surface area contributed by atoms with Crippen molar-refractivity contribution in [2.24, 2.45) is 5.92 Å². The van der Waals surface area contributed by atoms with E-state index in [0.717, 1.165) is 43.2 Å². The fraction of sp³-hybridized carbons (Fsp3) is 0.667. The van der Waals surface area contributed by atoms with Crippen molar-refractivity contribution in [1.29, 1.82) is 0 Å². The molecule has 1 aliphatic heterocycles. The first kappa shape index (κ1) is 33.3. The molecule has 3 rings (SSSR count). The van der Waals surface area contributed by atoms with Crippen molar-refractivity contribution >= 4 is 34.9 Å². The summed E-state index contributed by atoms with van der Waals surface area (Å²) in [5, 5.41) is 2.64. The van der Waals surface area contributed by atoms with Gasteiger partial charge in [0, 0.05) is 17.4 Å². The molecule has 0 spiro atoms. The largest absolute Gasteiger partial charge is 0.487 e. The molecule has 1 heterocycles. The van der Waals surface area contributed by atoms with E-state index in [9.17, 15) is 14.2 Å². The molecule has 226 valence electrons. The summed E-state index contributed by atoms with van der Waals surface area (Å²) >= 11 is 0. The molecule has 0 saturated heterocycles. The number of fused-ring (bicyclic) bond motifs is 3. The molecule has 4 unspecified atom stereocenters. The fourth-order valence-electron chi connectivity index (χ4n) is 5.74. The highest BCUT2D eigenvalue weighted by Crippen LogP contribution is 2.59. The number of ether oxygens (including phenoxy) is 3. The Labute approximate surface area is 248 Å². The summed E-state index contributed by atoms with van der Waals surface area (Å²) in [6.45, 7) is 15.1. The minimum absolute atomic E-state index is 0.00555. The van der Waals surface area contributed by atoms with Crippen LogP contribution in [0.1, 0.15) is 98.1 Å². The minimum Gasteiger partial charge on any atom is -0.487 e. The molecule has 1 aromatic carbocycles. The third-order valence-electron chi connectivity index (χ3n) is 8.30. The third kappa shape index (κ3) is 7.62. The van der Waals surface area contributed by atoms with Gasteiger partial charge in [0.1, 0.15) is 38.8 Å². The van der Waals surface area contributed by atoms with Crippen LogP contribution in [-0.4, -0.2) is 51.7 Å². The molecule has 0 saturated carbocycles. The molecular formula is C30H48B2NO7P. The van der Waals surface area contributed by atoms with E-state index in [-0.39, 0.29) is 29.8 Å². The fourth-order valence-corrected chi connectivity index (χ4v) is 7.32. The Bertz CT molecular complexity index is 1210. The standard InChI is InChI=1S/C30H48B2NO7P/c1-9-11-12-13-21-15-24-26(22-14-19(5)30(31,32)17-23(22)29(7,8)39-24)25(16-21)40-41(36,28(35)37-10-2)33-20(6)27(34)38-18(3)4/h14-16,18,20,22-23H,9-13,17,31-32H2,1-8H3,(H,33,36). The van der Waals surface area contributed by atoms with Crippen molar-refractivity contribution < 1.29 is 32.9 Å². The Kier molecular flexibility index (Phi) is 10.6. The zero-order valence-corrected chi connectivity index (χ0v) is 27.5. The van der Waals surface area contributed by atoms with Crippen molar-refractivity contribution in [3.8, 4) is 11.5 Å². The third-order valence-corrected chi connectivity index (χ3v) is 10.1. The number of hydrogen-bond acceptors (Lipinski definition) is 7. The molecule has 0 amide bonds.